The molecule has 0 aliphatic rings. The van der Waals surface area contributed by atoms with E-state index in [-0.39, 0.29) is 24.5 Å². The fourth-order valence-corrected chi connectivity index (χ4v) is 4.40. The van der Waals surface area contributed by atoms with Crippen LogP contribution in [0.15, 0.2) is 83.8 Å². The number of nitrogens with one attached hydrogen (secondary N) is 1. The Labute approximate surface area is 220 Å². The van der Waals surface area contributed by atoms with Gasteiger partial charge in [-0.05, 0) is 46.7 Å². The second kappa shape index (κ2) is 9.95. The molecule has 6 rings (SSSR count). The molecule has 0 atom stereocenters. The summed E-state index contributed by atoms with van der Waals surface area (Å²) in [6, 6.07) is 20.9. The number of pyridine rings is 1. The number of hydrogen-bond acceptors (Lipinski definition) is 7. The van der Waals surface area contributed by atoms with Crippen molar-refractivity contribution in [1.82, 2.24) is 24.5 Å². The van der Waals surface area contributed by atoms with Crippen molar-refractivity contribution in [2.75, 3.05) is 19.1 Å². The lowest BCUT2D eigenvalue weighted by Crippen LogP contribution is -2.35. The van der Waals surface area contributed by atoms with E-state index in [2.05, 4.69) is 20.7 Å². The summed E-state index contributed by atoms with van der Waals surface area (Å²) < 4.78 is 26.9. The van der Waals surface area contributed by atoms with Gasteiger partial charge in [0.25, 0.3) is 11.5 Å². The van der Waals surface area contributed by atoms with E-state index in [0.29, 0.717) is 33.7 Å². The molecule has 0 bridgehead atoms. The molecule has 10 nitrogen and oxygen atoms in total. The van der Waals surface area contributed by atoms with Crippen molar-refractivity contribution in [3.05, 3.63) is 101 Å². The number of methoxy groups -OCH3 is 1. The molecule has 0 fully saturated rings. The summed E-state index contributed by atoms with van der Waals surface area (Å²) in [6.45, 7) is -0.129. The Balaban J connectivity index is 1.28. The number of fused-ring (bicyclic) bond motifs is 4. The van der Waals surface area contributed by atoms with Crippen LogP contribution in [0, 0.1) is 5.82 Å². The number of benzene rings is 3. The molecule has 0 aliphatic carbocycles. The highest BCUT2D eigenvalue weighted by Gasteiger charge is 2.20. The average Bonchev–Trinajstić information content (AvgIpc) is 3.32. The number of amides is 1. The Morgan fingerprint density at radius 1 is 1.00 bits per heavy atom. The van der Waals surface area contributed by atoms with Crippen molar-refractivity contribution in [2.45, 2.75) is 6.61 Å². The fraction of sp³-hybridized carbons (Fsp3) is 0.107. The maximum atomic E-state index is 13.5. The number of halogens is 1. The Kier molecular flexibility index (Phi) is 6.17. The predicted octanol–water partition coefficient (Wildman–Crippen LogP) is 3.69. The summed E-state index contributed by atoms with van der Waals surface area (Å²) in [5, 5.41) is 15.0. The predicted molar refractivity (Wildman–Crippen MR) is 142 cm³/mol. The van der Waals surface area contributed by atoms with Gasteiger partial charge in [-0.2, -0.15) is 5.10 Å². The molecule has 39 heavy (non-hydrogen) atoms. The van der Waals surface area contributed by atoms with E-state index in [0.717, 1.165) is 15.4 Å². The van der Waals surface area contributed by atoms with Gasteiger partial charge in [0.15, 0.2) is 17.8 Å². The minimum atomic E-state index is -0.590. The van der Waals surface area contributed by atoms with Crippen LogP contribution in [-0.2, 0) is 16.1 Å². The maximum absolute atomic E-state index is 13.5. The summed E-state index contributed by atoms with van der Waals surface area (Å²) in [7, 11) is 1.54. The second-order valence-corrected chi connectivity index (χ2v) is 8.75. The van der Waals surface area contributed by atoms with Crippen molar-refractivity contribution in [2.24, 2.45) is 0 Å². The molecule has 3 heterocycles. The van der Waals surface area contributed by atoms with Crippen molar-refractivity contribution < 1.29 is 18.7 Å². The number of nitrogens with zero attached hydrogens (tertiary/aromatic N) is 5. The zero-order valence-electron chi connectivity index (χ0n) is 20.7. The van der Waals surface area contributed by atoms with Gasteiger partial charge in [-0.15, -0.1) is 10.2 Å². The molecule has 0 saturated carbocycles. The van der Waals surface area contributed by atoms with Gasteiger partial charge in [-0.1, -0.05) is 42.5 Å². The molecule has 0 aliphatic heterocycles. The molecule has 3 aromatic carbocycles. The summed E-state index contributed by atoms with van der Waals surface area (Å²) in [5.41, 5.74) is 4.54. The van der Waals surface area contributed by atoms with E-state index in [1.54, 1.807) is 24.3 Å². The lowest BCUT2D eigenvalue weighted by Gasteiger charge is -2.10. The number of aromatic nitrogens is 5. The van der Waals surface area contributed by atoms with Gasteiger partial charge < -0.3 is 9.47 Å². The van der Waals surface area contributed by atoms with Gasteiger partial charge in [0.2, 0.25) is 0 Å². The van der Waals surface area contributed by atoms with Crippen LogP contribution in [0.4, 0.5) is 4.39 Å². The first-order chi connectivity index (χ1) is 19.0. The minimum absolute atomic E-state index is 0.00197. The third-order valence-corrected chi connectivity index (χ3v) is 6.20. The number of ether oxygens (including phenoxy) is 2. The third kappa shape index (κ3) is 4.55. The minimum Gasteiger partial charge on any atom is -0.484 e. The van der Waals surface area contributed by atoms with Crippen LogP contribution in [0.3, 0.4) is 0 Å². The van der Waals surface area contributed by atoms with Crippen LogP contribution in [0.1, 0.15) is 5.69 Å². The first-order valence-electron chi connectivity index (χ1n) is 12.0. The molecule has 0 unspecified atom stereocenters. The van der Waals surface area contributed by atoms with Gasteiger partial charge in [-0.25, -0.2) is 13.6 Å². The second-order valence-electron chi connectivity index (χ2n) is 8.75. The molecule has 3 aromatic heterocycles. The molecular formula is C28H21FN6O4. The topological polar surface area (TPSA) is 113 Å². The molecule has 0 spiro atoms. The largest absolute Gasteiger partial charge is 0.484 e. The van der Waals surface area contributed by atoms with Crippen molar-refractivity contribution >= 4 is 33.4 Å². The third-order valence-electron chi connectivity index (χ3n) is 6.20. The highest BCUT2D eigenvalue weighted by Crippen LogP contribution is 2.29. The van der Waals surface area contributed by atoms with Crippen LogP contribution in [-0.4, -0.2) is 44.1 Å². The molecule has 0 saturated heterocycles. The lowest BCUT2D eigenvalue weighted by atomic mass is 10.1. The highest BCUT2D eigenvalue weighted by atomic mass is 19.1. The van der Waals surface area contributed by atoms with Crippen LogP contribution >= 0.6 is 0 Å². The van der Waals surface area contributed by atoms with Gasteiger partial charge in [0.1, 0.15) is 17.1 Å². The number of carbonyl (C=O) groups is 1. The van der Waals surface area contributed by atoms with Crippen LogP contribution in [0.5, 0.6) is 5.75 Å². The first kappa shape index (κ1) is 24.2. The smallest absolute Gasteiger partial charge is 0.299 e. The van der Waals surface area contributed by atoms with E-state index in [1.807, 2.05) is 36.4 Å². The normalized spacial score (nSPS) is 11.3. The number of hydrogen-bond donors (Lipinski definition) is 1. The molecule has 6 aromatic rings. The van der Waals surface area contributed by atoms with Gasteiger partial charge >= 0.3 is 0 Å². The SMILES string of the molecule is COCc1nn2c(nnc3c(=O)n(NC(=O)COc4ccc5ccccc5c4)ccc32)c1-c1ccc(F)cc1. The summed E-state index contributed by atoms with van der Waals surface area (Å²) in [4.78, 5) is 25.7. The van der Waals surface area contributed by atoms with Crippen molar-refractivity contribution in [3.63, 3.8) is 0 Å². The Morgan fingerprint density at radius 3 is 2.59 bits per heavy atom. The lowest BCUT2D eigenvalue weighted by molar-refractivity contribution is -0.119. The quantitative estimate of drug-likeness (QED) is 0.339. The monoisotopic (exact) mass is 524 g/mol. The van der Waals surface area contributed by atoms with Gasteiger partial charge in [-0.3, -0.25) is 15.0 Å². The molecular weight excluding hydrogens is 503 g/mol. The van der Waals surface area contributed by atoms with E-state index in [4.69, 9.17) is 9.47 Å². The van der Waals surface area contributed by atoms with E-state index in [9.17, 15) is 14.0 Å². The Hall–Kier alpha value is -5.16. The summed E-state index contributed by atoms with van der Waals surface area (Å²) in [5.74, 6) is -0.366. The molecule has 1 N–H and O–H groups in total. The fourth-order valence-electron chi connectivity index (χ4n) is 4.40. The summed E-state index contributed by atoms with van der Waals surface area (Å²) >= 11 is 0. The van der Waals surface area contributed by atoms with E-state index >= 15 is 0 Å². The standard InChI is InChI=1S/C28H21FN6O4/c1-38-15-22-25(18-6-9-20(29)10-7-18)27-31-30-26-23(35(27)32-22)12-13-34(28(26)37)33-24(36)16-39-21-11-8-17-4-2-3-5-19(17)14-21/h2-14H,15-16H2,1H3,(H,33,36). The zero-order valence-corrected chi connectivity index (χ0v) is 20.7. The van der Waals surface area contributed by atoms with Crippen molar-refractivity contribution in [3.8, 4) is 16.9 Å². The van der Waals surface area contributed by atoms with Crippen LogP contribution in [0.25, 0.3) is 38.6 Å². The van der Waals surface area contributed by atoms with E-state index < -0.39 is 11.5 Å². The first-order valence-corrected chi connectivity index (χ1v) is 12.0. The summed E-state index contributed by atoms with van der Waals surface area (Å²) in [6.07, 6.45) is 1.41. The highest BCUT2D eigenvalue weighted by molar-refractivity contribution is 5.87. The van der Waals surface area contributed by atoms with Crippen LogP contribution in [0.2, 0.25) is 0 Å². The number of rotatable bonds is 7. The Morgan fingerprint density at radius 2 is 1.79 bits per heavy atom. The molecule has 0 radical (unpaired) electrons. The molecule has 11 heteroatoms. The van der Waals surface area contributed by atoms with Gasteiger partial charge in [0.05, 0.1) is 17.9 Å². The maximum Gasteiger partial charge on any atom is 0.299 e. The Bertz CT molecular complexity index is 1920. The zero-order chi connectivity index (χ0) is 26.9. The van der Waals surface area contributed by atoms with Gasteiger partial charge in [0, 0.05) is 13.3 Å². The molecule has 1 amide bonds. The molecule has 194 valence electrons. The average molecular weight is 525 g/mol. The van der Waals surface area contributed by atoms with Crippen molar-refractivity contribution in [1.29, 1.82) is 0 Å². The van der Waals surface area contributed by atoms with E-state index in [1.165, 1.54) is 30.0 Å². The van der Waals surface area contributed by atoms with Crippen LogP contribution < -0.4 is 15.7 Å². The number of carbonyl (C=O) groups excluding carboxylic acids is 1.